The van der Waals surface area contributed by atoms with Crippen molar-refractivity contribution >= 4 is 18.3 Å². The first-order chi connectivity index (χ1) is 10.7. The zero-order valence-corrected chi connectivity index (χ0v) is 13.5. The number of nitrogens with two attached hydrogens (primary N) is 1. The van der Waals surface area contributed by atoms with Crippen LogP contribution in [0.5, 0.6) is 0 Å². The third-order valence-electron chi connectivity index (χ3n) is 4.99. The van der Waals surface area contributed by atoms with E-state index in [9.17, 15) is 4.79 Å². The van der Waals surface area contributed by atoms with Gasteiger partial charge in [0.1, 0.15) is 5.69 Å². The third kappa shape index (κ3) is 2.86. The lowest BCUT2D eigenvalue weighted by Gasteiger charge is -2.16. The zero-order chi connectivity index (χ0) is 15.1. The number of hydrogen-bond donors (Lipinski definition) is 1. The quantitative estimate of drug-likeness (QED) is 0.916. The van der Waals surface area contributed by atoms with E-state index in [1.165, 1.54) is 0 Å². The van der Waals surface area contributed by atoms with Gasteiger partial charge in [0.25, 0.3) is 5.91 Å². The molecule has 1 aromatic carbocycles. The van der Waals surface area contributed by atoms with Crippen molar-refractivity contribution in [2.75, 3.05) is 13.1 Å². The van der Waals surface area contributed by atoms with Crippen molar-refractivity contribution < 1.29 is 9.32 Å². The fourth-order valence-electron chi connectivity index (χ4n) is 3.75. The van der Waals surface area contributed by atoms with Crippen LogP contribution in [0.25, 0.3) is 11.3 Å². The van der Waals surface area contributed by atoms with Gasteiger partial charge < -0.3 is 15.2 Å². The summed E-state index contributed by atoms with van der Waals surface area (Å²) < 4.78 is 5.27. The van der Waals surface area contributed by atoms with E-state index in [2.05, 4.69) is 5.16 Å². The lowest BCUT2D eigenvalue weighted by atomic mass is 9.98. The molecule has 1 saturated carbocycles. The zero-order valence-electron chi connectivity index (χ0n) is 12.7. The molecule has 1 amide bonds. The molecule has 1 aliphatic heterocycles. The minimum absolute atomic E-state index is 0. The number of fused-ring (bicyclic) bond motifs is 1. The molecule has 2 aliphatic rings. The van der Waals surface area contributed by atoms with Gasteiger partial charge in [0.05, 0.1) is 0 Å². The van der Waals surface area contributed by atoms with Crippen molar-refractivity contribution in [2.24, 2.45) is 17.6 Å². The van der Waals surface area contributed by atoms with Crippen LogP contribution in [0.2, 0.25) is 0 Å². The molecule has 3 atom stereocenters. The number of benzene rings is 1. The van der Waals surface area contributed by atoms with Gasteiger partial charge in [-0.1, -0.05) is 35.5 Å². The van der Waals surface area contributed by atoms with Crippen LogP contribution in [0, 0.1) is 11.8 Å². The molecule has 0 radical (unpaired) electrons. The van der Waals surface area contributed by atoms with E-state index in [0.29, 0.717) is 23.3 Å². The summed E-state index contributed by atoms with van der Waals surface area (Å²) in [5.74, 6) is 1.24. The lowest BCUT2D eigenvalue weighted by molar-refractivity contribution is 0.0738. The summed E-state index contributed by atoms with van der Waals surface area (Å²) in [6.07, 6.45) is 2.21. The maximum Gasteiger partial charge on any atom is 0.292 e. The number of amides is 1. The van der Waals surface area contributed by atoms with E-state index >= 15 is 0 Å². The van der Waals surface area contributed by atoms with Crippen LogP contribution in [-0.4, -0.2) is 35.1 Å². The molecule has 2 fully saturated rings. The minimum Gasteiger partial charge on any atom is -0.350 e. The predicted molar refractivity (Wildman–Crippen MR) is 89.3 cm³/mol. The number of halogens is 1. The Morgan fingerprint density at radius 2 is 2.00 bits per heavy atom. The van der Waals surface area contributed by atoms with Crippen molar-refractivity contribution in [1.29, 1.82) is 0 Å². The molecule has 4 rings (SSSR count). The second-order valence-corrected chi connectivity index (χ2v) is 6.32. The molecular weight excluding hydrogens is 314 g/mol. The summed E-state index contributed by atoms with van der Waals surface area (Å²) in [5, 5.41) is 4.02. The Hall–Kier alpha value is -1.85. The van der Waals surface area contributed by atoms with E-state index in [4.69, 9.17) is 10.3 Å². The fourth-order valence-corrected chi connectivity index (χ4v) is 3.75. The Morgan fingerprint density at radius 3 is 2.74 bits per heavy atom. The van der Waals surface area contributed by atoms with E-state index in [1.54, 1.807) is 6.07 Å². The first-order valence-electron chi connectivity index (χ1n) is 7.79. The van der Waals surface area contributed by atoms with Crippen molar-refractivity contribution in [1.82, 2.24) is 10.1 Å². The van der Waals surface area contributed by atoms with E-state index in [0.717, 1.165) is 31.5 Å². The monoisotopic (exact) mass is 333 g/mol. The predicted octanol–water partition coefficient (Wildman–Crippen LogP) is 2.57. The Morgan fingerprint density at radius 1 is 1.22 bits per heavy atom. The highest BCUT2D eigenvalue weighted by molar-refractivity contribution is 5.92. The maximum atomic E-state index is 12.6. The van der Waals surface area contributed by atoms with Crippen LogP contribution < -0.4 is 5.73 Å². The van der Waals surface area contributed by atoms with Crippen molar-refractivity contribution in [3.63, 3.8) is 0 Å². The van der Waals surface area contributed by atoms with Crippen molar-refractivity contribution in [2.45, 2.75) is 18.9 Å². The number of carbonyl (C=O) groups excluding carboxylic acids is 1. The smallest absolute Gasteiger partial charge is 0.292 e. The van der Waals surface area contributed by atoms with Gasteiger partial charge in [0, 0.05) is 30.8 Å². The summed E-state index contributed by atoms with van der Waals surface area (Å²) in [6, 6.07) is 11.7. The van der Waals surface area contributed by atoms with Gasteiger partial charge in [-0.3, -0.25) is 4.79 Å². The summed E-state index contributed by atoms with van der Waals surface area (Å²) in [6.45, 7) is 1.53. The van der Waals surface area contributed by atoms with E-state index in [1.807, 2.05) is 35.2 Å². The number of nitrogens with zero attached hydrogens (tertiary/aromatic N) is 2. The van der Waals surface area contributed by atoms with Crippen LogP contribution in [-0.2, 0) is 0 Å². The Kier molecular flexibility index (Phi) is 4.41. The molecule has 2 N–H and O–H groups in total. The maximum absolute atomic E-state index is 12.6. The summed E-state index contributed by atoms with van der Waals surface area (Å²) in [5.41, 5.74) is 7.77. The Balaban J connectivity index is 0.00000156. The molecule has 23 heavy (non-hydrogen) atoms. The number of likely N-dealkylation sites (tertiary alicyclic amines) is 1. The molecule has 5 nitrogen and oxygen atoms in total. The molecule has 2 aromatic rings. The molecule has 3 unspecified atom stereocenters. The largest absolute Gasteiger partial charge is 0.350 e. The fraction of sp³-hybridized carbons (Fsp3) is 0.412. The summed E-state index contributed by atoms with van der Waals surface area (Å²) in [7, 11) is 0. The van der Waals surface area contributed by atoms with Gasteiger partial charge >= 0.3 is 0 Å². The Labute approximate surface area is 141 Å². The van der Waals surface area contributed by atoms with Crippen LogP contribution in [0.15, 0.2) is 40.9 Å². The average molecular weight is 334 g/mol. The second kappa shape index (κ2) is 6.34. The van der Waals surface area contributed by atoms with E-state index < -0.39 is 0 Å². The molecule has 1 aromatic heterocycles. The minimum atomic E-state index is -0.0729. The van der Waals surface area contributed by atoms with Crippen LogP contribution in [0.3, 0.4) is 0 Å². The summed E-state index contributed by atoms with van der Waals surface area (Å²) >= 11 is 0. The Bertz CT molecular complexity index is 688. The van der Waals surface area contributed by atoms with Crippen molar-refractivity contribution in [3.8, 4) is 11.3 Å². The molecule has 0 bridgehead atoms. The first-order valence-corrected chi connectivity index (χ1v) is 7.79. The topological polar surface area (TPSA) is 72.4 Å². The highest BCUT2D eigenvalue weighted by Crippen LogP contribution is 2.37. The van der Waals surface area contributed by atoms with Crippen LogP contribution >= 0.6 is 12.4 Å². The van der Waals surface area contributed by atoms with Gasteiger partial charge in [-0.25, -0.2) is 0 Å². The summed E-state index contributed by atoms with van der Waals surface area (Å²) in [4.78, 5) is 14.4. The van der Waals surface area contributed by atoms with E-state index in [-0.39, 0.29) is 24.4 Å². The number of carbonyl (C=O) groups is 1. The highest BCUT2D eigenvalue weighted by Gasteiger charge is 2.43. The molecule has 6 heteroatoms. The highest BCUT2D eigenvalue weighted by atomic mass is 35.5. The lowest BCUT2D eigenvalue weighted by Crippen LogP contribution is -2.33. The van der Waals surface area contributed by atoms with Crippen LogP contribution in [0.4, 0.5) is 0 Å². The molecule has 0 spiro atoms. The molecule has 2 heterocycles. The number of aromatic nitrogens is 1. The first kappa shape index (κ1) is 16.0. The normalized spacial score (nSPS) is 26.0. The average Bonchev–Trinajstić information content (AvgIpc) is 3.25. The molecular formula is C17H20ClN3O2. The number of rotatable bonds is 2. The van der Waals surface area contributed by atoms with Crippen molar-refractivity contribution in [3.05, 3.63) is 42.2 Å². The SMILES string of the molecule is Cl.NC1CCC2CN(C(=O)c3cc(-c4ccccc4)no3)CC12. The molecule has 1 aliphatic carbocycles. The molecule has 122 valence electrons. The van der Waals surface area contributed by atoms with Crippen LogP contribution in [0.1, 0.15) is 23.4 Å². The van der Waals surface area contributed by atoms with Gasteiger partial charge in [-0.05, 0) is 24.7 Å². The van der Waals surface area contributed by atoms with Gasteiger partial charge in [0.2, 0.25) is 5.76 Å². The van der Waals surface area contributed by atoms with Gasteiger partial charge in [-0.15, -0.1) is 12.4 Å². The molecule has 1 saturated heterocycles. The third-order valence-corrected chi connectivity index (χ3v) is 4.99. The number of hydrogen-bond acceptors (Lipinski definition) is 4. The standard InChI is InChI=1S/C17H19N3O2.ClH/c18-14-7-6-12-9-20(10-13(12)14)17(21)16-8-15(19-22-16)11-4-2-1-3-5-11;/h1-5,8,12-14H,6-7,9-10,18H2;1H. The van der Waals surface area contributed by atoms with Gasteiger partial charge in [0.15, 0.2) is 0 Å². The second-order valence-electron chi connectivity index (χ2n) is 6.32. The van der Waals surface area contributed by atoms with Gasteiger partial charge in [-0.2, -0.15) is 0 Å².